The molecule has 2 heterocycles. The van der Waals surface area contributed by atoms with E-state index in [4.69, 9.17) is 4.98 Å². The predicted molar refractivity (Wildman–Crippen MR) is 116 cm³/mol. The van der Waals surface area contributed by atoms with Crippen LogP contribution in [0.25, 0.3) is 21.0 Å². The van der Waals surface area contributed by atoms with Gasteiger partial charge in [0.1, 0.15) is 0 Å². The molecule has 140 valence electrons. The van der Waals surface area contributed by atoms with Gasteiger partial charge in [-0.1, -0.05) is 54.6 Å². The highest BCUT2D eigenvalue weighted by molar-refractivity contribution is 7.18. The Balaban J connectivity index is 1.23. The van der Waals surface area contributed by atoms with Gasteiger partial charge in [0.2, 0.25) is 5.91 Å². The van der Waals surface area contributed by atoms with Gasteiger partial charge in [-0.2, -0.15) is 0 Å². The molecule has 0 saturated carbocycles. The summed E-state index contributed by atoms with van der Waals surface area (Å²) in [7, 11) is 0. The first-order valence-electron chi connectivity index (χ1n) is 9.87. The van der Waals surface area contributed by atoms with E-state index in [9.17, 15) is 4.79 Å². The highest BCUT2D eigenvalue weighted by atomic mass is 32.1. The summed E-state index contributed by atoms with van der Waals surface area (Å²) >= 11 is 1.80. The summed E-state index contributed by atoms with van der Waals surface area (Å²) in [6.45, 7) is 1.65. The van der Waals surface area contributed by atoms with E-state index in [1.807, 2.05) is 23.1 Å². The summed E-state index contributed by atoms with van der Waals surface area (Å²) in [5.74, 6) is 0.708. The number of hydrogen-bond acceptors (Lipinski definition) is 3. The van der Waals surface area contributed by atoms with Gasteiger partial charge in [-0.15, -0.1) is 11.3 Å². The molecule has 0 atom stereocenters. The van der Waals surface area contributed by atoms with Crippen molar-refractivity contribution in [2.75, 3.05) is 13.1 Å². The summed E-state index contributed by atoms with van der Waals surface area (Å²) < 4.78 is 1.26. The van der Waals surface area contributed by atoms with Crippen molar-refractivity contribution in [3.8, 4) is 0 Å². The summed E-state index contributed by atoms with van der Waals surface area (Å²) in [6, 6.07) is 22.9. The van der Waals surface area contributed by atoms with Crippen molar-refractivity contribution in [1.82, 2.24) is 9.88 Å². The third-order valence-electron chi connectivity index (χ3n) is 5.68. The van der Waals surface area contributed by atoms with Crippen LogP contribution in [0, 0.1) is 0 Å². The van der Waals surface area contributed by atoms with Crippen LogP contribution < -0.4 is 0 Å². The number of thiazole rings is 1. The van der Waals surface area contributed by atoms with Crippen LogP contribution in [-0.2, 0) is 11.2 Å². The zero-order valence-corrected chi connectivity index (χ0v) is 16.5. The Morgan fingerprint density at radius 1 is 0.964 bits per heavy atom. The second kappa shape index (κ2) is 7.36. The van der Waals surface area contributed by atoms with Gasteiger partial charge < -0.3 is 4.90 Å². The topological polar surface area (TPSA) is 33.2 Å². The smallest absolute Gasteiger partial charge is 0.226 e. The molecule has 0 radical (unpaired) electrons. The number of amides is 1. The molecule has 0 bridgehead atoms. The van der Waals surface area contributed by atoms with Crippen molar-refractivity contribution in [2.24, 2.45) is 0 Å². The number of likely N-dealkylation sites (tertiary alicyclic amines) is 1. The van der Waals surface area contributed by atoms with Crippen LogP contribution in [0.15, 0.2) is 66.7 Å². The number of nitrogens with zero attached hydrogens (tertiary/aromatic N) is 2. The van der Waals surface area contributed by atoms with Crippen LogP contribution in [0.5, 0.6) is 0 Å². The van der Waals surface area contributed by atoms with Gasteiger partial charge in [-0.3, -0.25) is 4.79 Å². The maximum atomic E-state index is 12.8. The molecule has 1 amide bonds. The second-order valence-corrected chi connectivity index (χ2v) is 8.60. The molecular weight excluding hydrogens is 364 g/mol. The highest BCUT2D eigenvalue weighted by Gasteiger charge is 2.25. The Kier molecular flexibility index (Phi) is 4.57. The SMILES string of the molecule is O=C(Cc1ccc2ccccc2c1)N1CCC(c2nc3ccccc3s2)CC1. The molecule has 28 heavy (non-hydrogen) atoms. The Morgan fingerprint density at radius 3 is 2.54 bits per heavy atom. The molecule has 3 nitrogen and oxygen atoms in total. The molecule has 3 aromatic carbocycles. The fourth-order valence-electron chi connectivity index (χ4n) is 4.08. The van der Waals surface area contributed by atoms with Crippen molar-refractivity contribution in [2.45, 2.75) is 25.2 Å². The molecule has 1 fully saturated rings. The Bertz CT molecular complexity index is 1110. The number of aromatic nitrogens is 1. The second-order valence-electron chi connectivity index (χ2n) is 7.53. The van der Waals surface area contributed by atoms with Crippen LogP contribution in [0.3, 0.4) is 0 Å². The predicted octanol–water partition coefficient (Wildman–Crippen LogP) is 5.40. The molecule has 0 unspecified atom stereocenters. The average Bonchev–Trinajstić information content (AvgIpc) is 3.18. The minimum absolute atomic E-state index is 0.234. The lowest BCUT2D eigenvalue weighted by Gasteiger charge is -2.31. The molecule has 1 aliphatic rings. The summed E-state index contributed by atoms with van der Waals surface area (Å²) in [6.07, 6.45) is 2.49. The molecule has 0 N–H and O–H groups in total. The Hall–Kier alpha value is -2.72. The number of para-hydroxylation sites is 1. The lowest BCUT2D eigenvalue weighted by atomic mass is 9.97. The molecule has 0 aliphatic carbocycles. The third-order valence-corrected chi connectivity index (χ3v) is 6.88. The summed E-state index contributed by atoms with van der Waals surface area (Å²) in [5, 5.41) is 3.64. The fraction of sp³-hybridized carbons (Fsp3) is 0.250. The largest absolute Gasteiger partial charge is 0.342 e. The van der Waals surface area contributed by atoms with Gasteiger partial charge in [0, 0.05) is 19.0 Å². The van der Waals surface area contributed by atoms with E-state index >= 15 is 0 Å². The number of rotatable bonds is 3. The first-order chi connectivity index (χ1) is 13.8. The highest BCUT2D eigenvalue weighted by Crippen LogP contribution is 2.34. The molecule has 0 spiro atoms. The van der Waals surface area contributed by atoms with E-state index in [0.717, 1.165) is 37.0 Å². The van der Waals surface area contributed by atoms with Crippen LogP contribution in [0.2, 0.25) is 0 Å². The van der Waals surface area contributed by atoms with Crippen molar-refractivity contribution in [3.63, 3.8) is 0 Å². The molecule has 5 rings (SSSR count). The summed E-state index contributed by atoms with van der Waals surface area (Å²) in [4.78, 5) is 19.6. The monoisotopic (exact) mass is 386 g/mol. The molecule has 1 aliphatic heterocycles. The number of carbonyl (C=O) groups excluding carboxylic acids is 1. The summed E-state index contributed by atoms with van der Waals surface area (Å²) in [5.41, 5.74) is 2.19. The van der Waals surface area contributed by atoms with Crippen molar-refractivity contribution < 1.29 is 4.79 Å². The quantitative estimate of drug-likeness (QED) is 0.472. The van der Waals surface area contributed by atoms with Gasteiger partial charge in [0.05, 0.1) is 21.6 Å². The van der Waals surface area contributed by atoms with Gasteiger partial charge in [0.15, 0.2) is 0 Å². The zero-order chi connectivity index (χ0) is 18.9. The van der Waals surface area contributed by atoms with Gasteiger partial charge >= 0.3 is 0 Å². The minimum Gasteiger partial charge on any atom is -0.342 e. The Morgan fingerprint density at radius 2 is 1.71 bits per heavy atom. The van der Waals surface area contributed by atoms with Crippen LogP contribution in [-0.4, -0.2) is 28.9 Å². The third kappa shape index (κ3) is 3.40. The molecular formula is C24H22N2OS. The average molecular weight is 387 g/mol. The molecule has 1 aromatic heterocycles. The molecule has 4 heteroatoms. The number of fused-ring (bicyclic) bond motifs is 2. The van der Waals surface area contributed by atoms with Gasteiger partial charge in [-0.25, -0.2) is 4.98 Å². The fourth-order valence-corrected chi connectivity index (χ4v) is 5.21. The number of benzene rings is 3. The Labute approximate surface area is 168 Å². The van der Waals surface area contributed by atoms with E-state index in [-0.39, 0.29) is 5.91 Å². The van der Waals surface area contributed by atoms with Crippen LogP contribution >= 0.6 is 11.3 Å². The van der Waals surface area contributed by atoms with Crippen molar-refractivity contribution in [3.05, 3.63) is 77.3 Å². The first kappa shape index (κ1) is 17.4. The van der Waals surface area contributed by atoms with Crippen LogP contribution in [0.1, 0.15) is 29.3 Å². The van der Waals surface area contributed by atoms with Gasteiger partial charge in [-0.05, 0) is 41.3 Å². The van der Waals surface area contributed by atoms with Crippen molar-refractivity contribution in [1.29, 1.82) is 0 Å². The molecule has 1 saturated heterocycles. The molecule has 4 aromatic rings. The van der Waals surface area contributed by atoms with Gasteiger partial charge in [0.25, 0.3) is 0 Å². The first-order valence-corrected chi connectivity index (χ1v) is 10.7. The minimum atomic E-state index is 0.234. The van der Waals surface area contributed by atoms with E-state index in [2.05, 4.69) is 48.5 Å². The zero-order valence-electron chi connectivity index (χ0n) is 15.7. The van der Waals surface area contributed by atoms with E-state index in [0.29, 0.717) is 12.3 Å². The number of piperidine rings is 1. The van der Waals surface area contributed by atoms with Crippen LogP contribution in [0.4, 0.5) is 0 Å². The number of hydrogen-bond donors (Lipinski definition) is 0. The maximum Gasteiger partial charge on any atom is 0.226 e. The standard InChI is InChI=1S/C24H22N2OS/c27-23(16-17-9-10-18-5-1-2-6-20(18)15-17)26-13-11-19(12-14-26)24-25-21-7-3-4-8-22(21)28-24/h1-10,15,19H,11-14,16H2. The maximum absolute atomic E-state index is 12.8. The van der Waals surface area contributed by atoms with E-state index < -0.39 is 0 Å². The lowest BCUT2D eigenvalue weighted by Crippen LogP contribution is -2.38. The normalized spacial score (nSPS) is 15.4. The number of carbonyl (C=O) groups is 1. The van der Waals surface area contributed by atoms with E-state index in [1.165, 1.54) is 20.5 Å². The van der Waals surface area contributed by atoms with Crippen molar-refractivity contribution >= 4 is 38.2 Å². The lowest BCUT2D eigenvalue weighted by molar-refractivity contribution is -0.131. The van der Waals surface area contributed by atoms with E-state index in [1.54, 1.807) is 11.3 Å².